The molecular weight excluding hydrogens is 309 g/mol. The van der Waals surface area contributed by atoms with Crippen LogP contribution in [0.3, 0.4) is 0 Å². The van der Waals surface area contributed by atoms with Crippen molar-refractivity contribution in [3.8, 4) is 0 Å². The van der Waals surface area contributed by atoms with Crippen LogP contribution in [0.5, 0.6) is 0 Å². The SMILES string of the molecule is CC(=O)OC1C(=O)NC1C(Cc1ccc(F)cc1)c1ccccc1. The van der Waals surface area contributed by atoms with Gasteiger partial charge in [0.05, 0.1) is 6.04 Å². The number of esters is 1. The van der Waals surface area contributed by atoms with Crippen LogP contribution in [0, 0.1) is 5.82 Å². The molecule has 1 heterocycles. The molecule has 5 heteroatoms. The third-order valence-corrected chi connectivity index (χ3v) is 4.22. The zero-order valence-electron chi connectivity index (χ0n) is 13.2. The van der Waals surface area contributed by atoms with Gasteiger partial charge in [-0.2, -0.15) is 0 Å². The van der Waals surface area contributed by atoms with Crippen LogP contribution in [-0.2, 0) is 20.7 Å². The van der Waals surface area contributed by atoms with Gasteiger partial charge in [0.25, 0.3) is 5.91 Å². The van der Waals surface area contributed by atoms with Crippen molar-refractivity contribution in [3.05, 3.63) is 71.5 Å². The molecule has 0 bridgehead atoms. The second-order valence-corrected chi connectivity index (χ2v) is 5.91. The molecule has 1 aliphatic heterocycles. The van der Waals surface area contributed by atoms with Gasteiger partial charge in [0.1, 0.15) is 5.82 Å². The Bertz CT molecular complexity index is 730. The number of hydrogen-bond donors (Lipinski definition) is 1. The third-order valence-electron chi connectivity index (χ3n) is 4.22. The van der Waals surface area contributed by atoms with Crippen molar-refractivity contribution in [1.29, 1.82) is 0 Å². The maximum absolute atomic E-state index is 13.1. The first-order valence-electron chi connectivity index (χ1n) is 7.81. The zero-order chi connectivity index (χ0) is 17.1. The number of benzene rings is 2. The summed E-state index contributed by atoms with van der Waals surface area (Å²) >= 11 is 0. The summed E-state index contributed by atoms with van der Waals surface area (Å²) in [5.74, 6) is -1.12. The predicted octanol–water partition coefficient (Wildman–Crippen LogP) is 2.58. The fourth-order valence-electron chi connectivity index (χ4n) is 3.03. The highest BCUT2D eigenvalue weighted by molar-refractivity contribution is 5.90. The first-order chi connectivity index (χ1) is 11.5. The van der Waals surface area contributed by atoms with Crippen LogP contribution in [0.1, 0.15) is 24.0 Å². The predicted molar refractivity (Wildman–Crippen MR) is 86.8 cm³/mol. The second kappa shape index (κ2) is 6.83. The number of amides is 1. The van der Waals surface area contributed by atoms with Gasteiger partial charge in [0.2, 0.25) is 6.10 Å². The maximum atomic E-state index is 13.1. The van der Waals surface area contributed by atoms with E-state index in [1.165, 1.54) is 19.1 Å². The lowest BCUT2D eigenvalue weighted by atomic mass is 9.79. The highest BCUT2D eigenvalue weighted by Crippen LogP contribution is 2.31. The second-order valence-electron chi connectivity index (χ2n) is 5.91. The van der Waals surface area contributed by atoms with E-state index < -0.39 is 12.1 Å². The molecule has 1 saturated heterocycles. The van der Waals surface area contributed by atoms with Crippen LogP contribution in [0.15, 0.2) is 54.6 Å². The van der Waals surface area contributed by atoms with Gasteiger partial charge in [0.15, 0.2) is 0 Å². The molecule has 3 rings (SSSR count). The van der Waals surface area contributed by atoms with Crippen molar-refractivity contribution in [2.75, 3.05) is 0 Å². The van der Waals surface area contributed by atoms with Crippen molar-refractivity contribution in [2.24, 2.45) is 0 Å². The van der Waals surface area contributed by atoms with E-state index in [0.29, 0.717) is 6.42 Å². The molecule has 124 valence electrons. The molecule has 3 atom stereocenters. The van der Waals surface area contributed by atoms with Gasteiger partial charge < -0.3 is 10.1 Å². The fraction of sp³-hybridized carbons (Fsp3) is 0.263. The van der Waals surface area contributed by atoms with E-state index in [0.717, 1.165) is 11.1 Å². The van der Waals surface area contributed by atoms with E-state index in [9.17, 15) is 14.0 Å². The van der Waals surface area contributed by atoms with Gasteiger partial charge in [-0.1, -0.05) is 42.5 Å². The molecule has 1 N–H and O–H groups in total. The standard InChI is InChI=1S/C19H18FNO3/c1-12(22)24-18-17(21-19(18)23)16(14-5-3-2-4-6-14)11-13-7-9-15(20)10-8-13/h2-10,16-18H,11H2,1H3,(H,21,23). The maximum Gasteiger partial charge on any atom is 0.303 e. The van der Waals surface area contributed by atoms with Crippen LogP contribution in [0.25, 0.3) is 0 Å². The number of halogens is 1. The van der Waals surface area contributed by atoms with Crippen LogP contribution in [0.2, 0.25) is 0 Å². The molecule has 24 heavy (non-hydrogen) atoms. The molecule has 1 aliphatic rings. The molecule has 2 aromatic rings. The summed E-state index contributed by atoms with van der Waals surface area (Å²) in [6.07, 6.45) is -0.180. The summed E-state index contributed by atoms with van der Waals surface area (Å²) in [4.78, 5) is 23.0. The lowest BCUT2D eigenvalue weighted by Gasteiger charge is -2.41. The van der Waals surface area contributed by atoms with Gasteiger partial charge in [-0.25, -0.2) is 4.39 Å². The smallest absolute Gasteiger partial charge is 0.303 e. The van der Waals surface area contributed by atoms with E-state index in [1.807, 2.05) is 30.3 Å². The Balaban J connectivity index is 1.86. The van der Waals surface area contributed by atoms with Crippen LogP contribution < -0.4 is 5.32 Å². The normalized spacial score (nSPS) is 20.7. The summed E-state index contributed by atoms with van der Waals surface area (Å²) in [5, 5.41) is 2.84. The van der Waals surface area contributed by atoms with E-state index in [4.69, 9.17) is 4.74 Å². The number of ether oxygens (including phenoxy) is 1. The Morgan fingerprint density at radius 3 is 2.42 bits per heavy atom. The van der Waals surface area contributed by atoms with Gasteiger partial charge in [-0.15, -0.1) is 0 Å². The molecule has 0 spiro atoms. The minimum absolute atomic E-state index is 0.0706. The number of rotatable bonds is 5. The van der Waals surface area contributed by atoms with Crippen LogP contribution in [-0.4, -0.2) is 24.0 Å². The summed E-state index contributed by atoms with van der Waals surface area (Å²) in [6.45, 7) is 1.29. The van der Waals surface area contributed by atoms with Crippen molar-refractivity contribution in [2.45, 2.75) is 31.4 Å². The molecule has 2 aromatic carbocycles. The van der Waals surface area contributed by atoms with Gasteiger partial charge in [-0.05, 0) is 29.7 Å². The molecule has 0 radical (unpaired) electrons. The minimum Gasteiger partial charge on any atom is -0.450 e. The van der Waals surface area contributed by atoms with Crippen molar-refractivity contribution in [3.63, 3.8) is 0 Å². The van der Waals surface area contributed by atoms with Crippen molar-refractivity contribution in [1.82, 2.24) is 5.32 Å². The zero-order valence-corrected chi connectivity index (χ0v) is 13.2. The van der Waals surface area contributed by atoms with E-state index in [2.05, 4.69) is 5.32 Å². The molecule has 0 aliphatic carbocycles. The Morgan fingerprint density at radius 1 is 1.17 bits per heavy atom. The first-order valence-corrected chi connectivity index (χ1v) is 7.81. The monoisotopic (exact) mass is 327 g/mol. The number of carbonyl (C=O) groups excluding carboxylic acids is 2. The van der Waals surface area contributed by atoms with Gasteiger partial charge >= 0.3 is 5.97 Å². The Labute approximate surface area is 139 Å². The lowest BCUT2D eigenvalue weighted by Crippen LogP contribution is -2.66. The Morgan fingerprint density at radius 2 is 1.83 bits per heavy atom. The topological polar surface area (TPSA) is 55.4 Å². The first kappa shape index (κ1) is 16.2. The quantitative estimate of drug-likeness (QED) is 0.678. The number of nitrogens with one attached hydrogen (secondary N) is 1. The average molecular weight is 327 g/mol. The highest BCUT2D eigenvalue weighted by atomic mass is 19.1. The van der Waals surface area contributed by atoms with Crippen molar-refractivity contribution < 1.29 is 18.7 Å². The number of carbonyl (C=O) groups is 2. The minimum atomic E-state index is -0.784. The number of β-lactam (4-membered cyclic amide) rings is 1. The van der Waals surface area contributed by atoms with E-state index in [-0.39, 0.29) is 23.7 Å². The molecular formula is C19H18FNO3. The lowest BCUT2D eigenvalue weighted by molar-refractivity contribution is -0.165. The molecule has 1 amide bonds. The van der Waals surface area contributed by atoms with Crippen LogP contribution >= 0.6 is 0 Å². The Kier molecular flexibility index (Phi) is 4.60. The summed E-state index contributed by atoms with van der Waals surface area (Å²) in [6, 6.07) is 15.7. The van der Waals surface area contributed by atoms with Gasteiger partial charge in [0, 0.05) is 12.8 Å². The van der Waals surface area contributed by atoms with E-state index in [1.54, 1.807) is 12.1 Å². The Hall–Kier alpha value is -2.69. The third kappa shape index (κ3) is 3.45. The largest absolute Gasteiger partial charge is 0.450 e. The molecule has 0 aromatic heterocycles. The molecule has 3 unspecified atom stereocenters. The van der Waals surface area contributed by atoms with Gasteiger partial charge in [-0.3, -0.25) is 9.59 Å². The fourth-order valence-corrected chi connectivity index (χ4v) is 3.03. The van der Waals surface area contributed by atoms with E-state index >= 15 is 0 Å². The molecule has 4 nitrogen and oxygen atoms in total. The molecule has 1 fully saturated rings. The highest BCUT2D eigenvalue weighted by Gasteiger charge is 2.46. The summed E-state index contributed by atoms with van der Waals surface area (Å²) < 4.78 is 18.3. The average Bonchev–Trinajstić information content (AvgIpc) is 2.58. The van der Waals surface area contributed by atoms with Crippen LogP contribution in [0.4, 0.5) is 4.39 Å². The summed E-state index contributed by atoms with van der Waals surface area (Å²) in [7, 11) is 0. The molecule has 0 saturated carbocycles. The number of hydrogen-bond acceptors (Lipinski definition) is 3. The van der Waals surface area contributed by atoms with Crippen molar-refractivity contribution >= 4 is 11.9 Å². The summed E-state index contributed by atoms with van der Waals surface area (Å²) in [5.41, 5.74) is 1.98.